The van der Waals surface area contributed by atoms with Crippen LogP contribution in [0, 0.1) is 12.8 Å². The lowest BCUT2D eigenvalue weighted by molar-refractivity contribution is 0.0483. The average Bonchev–Trinajstić information content (AvgIpc) is 2.27. The number of hydrogen-bond donors (Lipinski definition) is 3. The van der Waals surface area contributed by atoms with Gasteiger partial charge in [0.15, 0.2) is 0 Å². The second-order valence-corrected chi connectivity index (χ2v) is 5.57. The van der Waals surface area contributed by atoms with E-state index in [0.717, 1.165) is 18.7 Å². The molecule has 0 aliphatic rings. The summed E-state index contributed by atoms with van der Waals surface area (Å²) < 4.78 is 0. The van der Waals surface area contributed by atoms with E-state index in [2.05, 4.69) is 24.1 Å². The van der Waals surface area contributed by atoms with Gasteiger partial charge in [-0.2, -0.15) is 0 Å². The van der Waals surface area contributed by atoms with Crippen molar-refractivity contribution in [3.63, 3.8) is 0 Å². The molecule has 1 heterocycles. The number of pyridine rings is 1. The van der Waals surface area contributed by atoms with Crippen molar-refractivity contribution in [1.29, 1.82) is 0 Å². The van der Waals surface area contributed by atoms with Crippen molar-refractivity contribution >= 4 is 5.82 Å². The monoisotopic (exact) mass is 251 g/mol. The average molecular weight is 251 g/mol. The molecule has 1 atom stereocenters. The topological polar surface area (TPSA) is 71.2 Å². The lowest BCUT2D eigenvalue weighted by Crippen LogP contribution is -2.30. The molecule has 18 heavy (non-hydrogen) atoms. The molecule has 0 saturated carbocycles. The maximum absolute atomic E-state index is 10.5. The molecule has 4 N–H and O–H groups in total. The summed E-state index contributed by atoms with van der Waals surface area (Å²) >= 11 is 0. The maximum Gasteiger partial charge on any atom is 0.129 e. The first-order chi connectivity index (χ1) is 8.33. The highest BCUT2D eigenvalue weighted by molar-refractivity contribution is 5.44. The second-order valence-electron chi connectivity index (χ2n) is 5.57. The van der Waals surface area contributed by atoms with Crippen molar-refractivity contribution in [2.45, 2.75) is 39.7 Å². The van der Waals surface area contributed by atoms with E-state index < -0.39 is 5.60 Å². The molecular weight excluding hydrogens is 226 g/mol. The van der Waals surface area contributed by atoms with Crippen LogP contribution >= 0.6 is 0 Å². The molecule has 1 unspecified atom stereocenters. The molecular formula is C14H25N3O. The van der Waals surface area contributed by atoms with Crippen LogP contribution in [0.25, 0.3) is 0 Å². The molecule has 1 rings (SSSR count). The van der Waals surface area contributed by atoms with Gasteiger partial charge in [-0.25, -0.2) is 4.98 Å². The van der Waals surface area contributed by atoms with Gasteiger partial charge in [-0.15, -0.1) is 0 Å². The van der Waals surface area contributed by atoms with Gasteiger partial charge >= 0.3 is 0 Å². The summed E-state index contributed by atoms with van der Waals surface area (Å²) in [5.74, 6) is 1.02. The van der Waals surface area contributed by atoms with Gasteiger partial charge in [0.1, 0.15) is 5.82 Å². The molecule has 0 fully saturated rings. The third-order valence-electron chi connectivity index (χ3n) is 2.98. The van der Waals surface area contributed by atoms with E-state index in [1.807, 2.05) is 13.0 Å². The molecule has 0 spiro atoms. The number of rotatable bonds is 6. The van der Waals surface area contributed by atoms with E-state index in [1.54, 1.807) is 13.1 Å². The number of nitrogens with one attached hydrogen (secondary N) is 1. The Bertz CT molecular complexity index is 389. The SMILES string of the molecule is Cc1cnc(N)c(C(C)(O)CCNCC(C)C)c1. The van der Waals surface area contributed by atoms with E-state index in [0.29, 0.717) is 23.7 Å². The number of hydrogen-bond acceptors (Lipinski definition) is 4. The third kappa shape index (κ3) is 4.27. The summed E-state index contributed by atoms with van der Waals surface area (Å²) in [5, 5.41) is 13.8. The van der Waals surface area contributed by atoms with Crippen LogP contribution < -0.4 is 11.1 Å². The van der Waals surface area contributed by atoms with Crippen LogP contribution in [0.4, 0.5) is 5.82 Å². The number of aryl methyl sites for hydroxylation is 1. The highest BCUT2D eigenvalue weighted by atomic mass is 16.3. The Morgan fingerprint density at radius 1 is 1.50 bits per heavy atom. The Hall–Kier alpha value is -1.13. The van der Waals surface area contributed by atoms with Gasteiger partial charge in [0.25, 0.3) is 0 Å². The van der Waals surface area contributed by atoms with E-state index >= 15 is 0 Å². The number of aliphatic hydroxyl groups is 1. The Kier molecular flexibility index (Phi) is 5.11. The summed E-state index contributed by atoms with van der Waals surface area (Å²) in [6, 6.07) is 1.91. The second kappa shape index (κ2) is 6.16. The lowest BCUT2D eigenvalue weighted by atomic mass is 9.92. The first kappa shape index (κ1) is 14.9. The zero-order chi connectivity index (χ0) is 13.8. The van der Waals surface area contributed by atoms with Crippen molar-refractivity contribution in [2.75, 3.05) is 18.8 Å². The smallest absolute Gasteiger partial charge is 0.129 e. The first-order valence-electron chi connectivity index (χ1n) is 6.48. The highest BCUT2D eigenvalue weighted by Crippen LogP contribution is 2.28. The van der Waals surface area contributed by atoms with Crippen LogP contribution in [-0.2, 0) is 5.60 Å². The molecule has 0 saturated heterocycles. The molecule has 0 bridgehead atoms. The number of nitrogens with zero attached hydrogens (tertiary/aromatic N) is 1. The molecule has 102 valence electrons. The zero-order valence-electron chi connectivity index (χ0n) is 11.8. The molecule has 4 nitrogen and oxygen atoms in total. The van der Waals surface area contributed by atoms with Gasteiger partial charge < -0.3 is 16.2 Å². The van der Waals surface area contributed by atoms with Gasteiger partial charge in [-0.05, 0) is 50.9 Å². The van der Waals surface area contributed by atoms with Gasteiger partial charge in [-0.3, -0.25) is 0 Å². The normalized spacial score (nSPS) is 14.8. The molecule has 0 aromatic carbocycles. The van der Waals surface area contributed by atoms with Gasteiger partial charge in [0, 0.05) is 11.8 Å². The summed E-state index contributed by atoms with van der Waals surface area (Å²) in [7, 11) is 0. The summed E-state index contributed by atoms with van der Waals surface area (Å²) in [5.41, 5.74) is 6.62. The summed E-state index contributed by atoms with van der Waals surface area (Å²) in [4.78, 5) is 4.10. The Morgan fingerprint density at radius 2 is 2.17 bits per heavy atom. The minimum absolute atomic E-state index is 0.412. The van der Waals surface area contributed by atoms with E-state index in [9.17, 15) is 5.11 Å². The quantitative estimate of drug-likeness (QED) is 0.674. The van der Waals surface area contributed by atoms with Crippen molar-refractivity contribution in [3.05, 3.63) is 23.4 Å². The van der Waals surface area contributed by atoms with Gasteiger partial charge in [0.2, 0.25) is 0 Å². The van der Waals surface area contributed by atoms with Crippen LogP contribution in [0.3, 0.4) is 0 Å². The Labute approximate surface area is 110 Å². The lowest BCUT2D eigenvalue weighted by Gasteiger charge is -2.25. The standard InChI is InChI=1S/C14H25N3O/c1-10(2)8-16-6-5-14(4,18)12-7-11(3)9-17-13(12)15/h7,9-10,16,18H,5-6,8H2,1-4H3,(H2,15,17). The number of nitrogen functional groups attached to an aromatic ring is 1. The molecule has 0 aliphatic heterocycles. The van der Waals surface area contributed by atoms with Crippen molar-refractivity contribution in [2.24, 2.45) is 5.92 Å². The van der Waals surface area contributed by atoms with E-state index in [1.165, 1.54) is 0 Å². The van der Waals surface area contributed by atoms with Crippen LogP contribution in [0.1, 0.15) is 38.3 Å². The Balaban J connectivity index is 2.64. The first-order valence-corrected chi connectivity index (χ1v) is 6.48. The number of anilines is 1. The Morgan fingerprint density at radius 3 is 2.78 bits per heavy atom. The van der Waals surface area contributed by atoms with Crippen molar-refractivity contribution < 1.29 is 5.11 Å². The fourth-order valence-electron chi connectivity index (χ4n) is 1.87. The predicted molar refractivity (Wildman–Crippen MR) is 75.3 cm³/mol. The highest BCUT2D eigenvalue weighted by Gasteiger charge is 2.25. The molecule has 1 aromatic heterocycles. The summed E-state index contributed by atoms with van der Waals surface area (Å²) in [6.45, 7) is 9.78. The zero-order valence-corrected chi connectivity index (χ0v) is 11.8. The minimum atomic E-state index is -0.937. The van der Waals surface area contributed by atoms with Gasteiger partial charge in [0.05, 0.1) is 5.60 Å². The summed E-state index contributed by atoms with van der Waals surface area (Å²) in [6.07, 6.45) is 2.33. The largest absolute Gasteiger partial charge is 0.385 e. The third-order valence-corrected chi connectivity index (χ3v) is 2.98. The predicted octanol–water partition coefficient (Wildman–Crippen LogP) is 1.82. The van der Waals surface area contributed by atoms with Crippen molar-refractivity contribution in [1.82, 2.24) is 10.3 Å². The molecule has 4 heteroatoms. The molecule has 1 aromatic rings. The van der Waals surface area contributed by atoms with Crippen molar-refractivity contribution in [3.8, 4) is 0 Å². The fourth-order valence-corrected chi connectivity index (χ4v) is 1.87. The number of nitrogens with two attached hydrogens (primary N) is 1. The number of aromatic nitrogens is 1. The molecule has 0 amide bonds. The molecule has 0 radical (unpaired) electrons. The van der Waals surface area contributed by atoms with Crippen LogP contribution in [0.2, 0.25) is 0 Å². The maximum atomic E-state index is 10.5. The van der Waals surface area contributed by atoms with Crippen LogP contribution in [0.15, 0.2) is 12.3 Å². The van der Waals surface area contributed by atoms with Crippen LogP contribution in [-0.4, -0.2) is 23.2 Å². The van der Waals surface area contributed by atoms with Crippen LogP contribution in [0.5, 0.6) is 0 Å². The molecule has 0 aliphatic carbocycles. The minimum Gasteiger partial charge on any atom is -0.385 e. The fraction of sp³-hybridized carbons (Fsp3) is 0.643. The van der Waals surface area contributed by atoms with E-state index in [4.69, 9.17) is 5.73 Å². The van der Waals surface area contributed by atoms with E-state index in [-0.39, 0.29) is 0 Å². The van der Waals surface area contributed by atoms with Gasteiger partial charge in [-0.1, -0.05) is 13.8 Å².